The van der Waals surface area contributed by atoms with Crippen molar-refractivity contribution in [3.8, 4) is 0 Å². The van der Waals surface area contributed by atoms with Crippen LogP contribution >= 0.6 is 0 Å². The number of piperidine rings is 1. The third kappa shape index (κ3) is 7.54. The molecule has 1 aliphatic rings. The second-order valence-electron chi connectivity index (χ2n) is 5.74. The first kappa shape index (κ1) is 14.7. The number of Topliss-reactive ketones (excluding diaryl/α,β-unsaturated/α-hetero) is 1. The molecule has 2 heteroatoms. The molecule has 1 heterocycles. The van der Waals surface area contributed by atoms with Crippen LogP contribution < -0.4 is 0 Å². The highest BCUT2D eigenvalue weighted by molar-refractivity contribution is 5.75. The molecule has 1 fully saturated rings. The highest BCUT2D eigenvalue weighted by Crippen LogP contribution is 2.16. The van der Waals surface area contributed by atoms with Gasteiger partial charge >= 0.3 is 0 Å². The molecule has 0 N–H and O–H groups in total. The van der Waals surface area contributed by atoms with Crippen molar-refractivity contribution in [1.29, 1.82) is 0 Å². The number of carbonyl (C=O) groups is 1. The normalized spacial score (nSPS) is 18.5. The molecular weight excluding hydrogens is 210 g/mol. The van der Waals surface area contributed by atoms with Crippen molar-refractivity contribution in [1.82, 2.24) is 4.90 Å². The van der Waals surface area contributed by atoms with Crippen LogP contribution in [0.5, 0.6) is 0 Å². The van der Waals surface area contributed by atoms with E-state index in [1.54, 1.807) is 6.92 Å². The Hall–Kier alpha value is -0.370. The molecule has 0 aliphatic carbocycles. The topological polar surface area (TPSA) is 20.3 Å². The second kappa shape index (κ2) is 8.68. The Balaban J connectivity index is 1.85. The molecule has 0 bridgehead atoms. The van der Waals surface area contributed by atoms with Gasteiger partial charge in [-0.15, -0.1) is 0 Å². The van der Waals surface area contributed by atoms with E-state index in [-0.39, 0.29) is 0 Å². The van der Waals surface area contributed by atoms with Gasteiger partial charge in [0.2, 0.25) is 0 Å². The number of hydrogen-bond acceptors (Lipinski definition) is 2. The van der Waals surface area contributed by atoms with Crippen molar-refractivity contribution in [2.45, 2.75) is 65.2 Å². The number of unbranched alkanes of at least 4 members (excludes halogenated alkanes) is 4. The van der Waals surface area contributed by atoms with Crippen LogP contribution in [0.2, 0.25) is 0 Å². The lowest BCUT2D eigenvalue weighted by molar-refractivity contribution is -0.117. The Morgan fingerprint density at radius 3 is 2.29 bits per heavy atom. The third-order valence-electron chi connectivity index (χ3n) is 3.88. The van der Waals surface area contributed by atoms with Gasteiger partial charge < -0.3 is 9.69 Å². The van der Waals surface area contributed by atoms with Gasteiger partial charge in [-0.3, -0.25) is 0 Å². The van der Waals surface area contributed by atoms with Gasteiger partial charge in [-0.1, -0.05) is 26.2 Å². The monoisotopic (exact) mass is 239 g/mol. The van der Waals surface area contributed by atoms with Crippen molar-refractivity contribution in [2.24, 2.45) is 5.92 Å². The molecule has 0 aromatic carbocycles. The lowest BCUT2D eigenvalue weighted by atomic mass is 9.99. The maximum absolute atomic E-state index is 10.8. The van der Waals surface area contributed by atoms with E-state index in [9.17, 15) is 4.79 Å². The second-order valence-corrected chi connectivity index (χ2v) is 5.74. The summed E-state index contributed by atoms with van der Waals surface area (Å²) in [6.45, 7) is 7.97. The summed E-state index contributed by atoms with van der Waals surface area (Å²) in [5.74, 6) is 1.28. The Bertz CT molecular complexity index is 207. The standard InChI is InChI=1S/C15H29NO/c1-14-9-12-16(13-10-14)11-7-5-3-4-6-8-15(2)17/h14H,3-13H2,1-2H3. The van der Waals surface area contributed by atoms with E-state index in [0.717, 1.165) is 18.8 Å². The Labute approximate surface area is 107 Å². The van der Waals surface area contributed by atoms with Crippen molar-refractivity contribution in [3.63, 3.8) is 0 Å². The lowest BCUT2D eigenvalue weighted by Gasteiger charge is -2.30. The third-order valence-corrected chi connectivity index (χ3v) is 3.88. The number of likely N-dealkylation sites (tertiary alicyclic amines) is 1. The van der Waals surface area contributed by atoms with Crippen molar-refractivity contribution < 1.29 is 4.79 Å². The zero-order valence-corrected chi connectivity index (χ0v) is 11.7. The predicted molar refractivity (Wildman–Crippen MR) is 73.2 cm³/mol. The van der Waals surface area contributed by atoms with Crippen molar-refractivity contribution >= 4 is 5.78 Å². The maximum Gasteiger partial charge on any atom is 0.129 e. The van der Waals surface area contributed by atoms with Gasteiger partial charge in [-0.05, 0) is 58.2 Å². The predicted octanol–water partition coefficient (Wildman–Crippen LogP) is 3.65. The quantitative estimate of drug-likeness (QED) is 0.603. The van der Waals surface area contributed by atoms with Crippen LogP contribution in [0.3, 0.4) is 0 Å². The molecule has 2 nitrogen and oxygen atoms in total. The fraction of sp³-hybridized carbons (Fsp3) is 0.933. The zero-order valence-electron chi connectivity index (χ0n) is 11.7. The van der Waals surface area contributed by atoms with E-state index in [2.05, 4.69) is 11.8 Å². The summed E-state index contributed by atoms with van der Waals surface area (Å²) in [6, 6.07) is 0. The molecule has 17 heavy (non-hydrogen) atoms. The van der Waals surface area contributed by atoms with E-state index < -0.39 is 0 Å². The summed E-state index contributed by atoms with van der Waals surface area (Å²) >= 11 is 0. The van der Waals surface area contributed by atoms with E-state index in [4.69, 9.17) is 0 Å². The van der Waals surface area contributed by atoms with Gasteiger partial charge in [0.1, 0.15) is 5.78 Å². The zero-order chi connectivity index (χ0) is 12.5. The van der Waals surface area contributed by atoms with E-state index in [0.29, 0.717) is 5.78 Å². The first-order valence-corrected chi connectivity index (χ1v) is 7.40. The van der Waals surface area contributed by atoms with Gasteiger partial charge in [-0.2, -0.15) is 0 Å². The summed E-state index contributed by atoms with van der Waals surface area (Å²) in [5.41, 5.74) is 0. The van der Waals surface area contributed by atoms with Crippen LogP contribution in [0.1, 0.15) is 65.2 Å². The number of ketones is 1. The smallest absolute Gasteiger partial charge is 0.129 e. The molecule has 0 amide bonds. The lowest BCUT2D eigenvalue weighted by Crippen LogP contribution is -2.33. The number of carbonyl (C=O) groups excluding carboxylic acids is 1. The molecule has 0 spiro atoms. The van der Waals surface area contributed by atoms with Crippen LogP contribution in [0.15, 0.2) is 0 Å². The number of nitrogens with zero attached hydrogens (tertiary/aromatic N) is 1. The Kier molecular flexibility index (Phi) is 7.50. The molecule has 0 unspecified atom stereocenters. The van der Waals surface area contributed by atoms with Crippen molar-refractivity contribution in [3.05, 3.63) is 0 Å². The van der Waals surface area contributed by atoms with Gasteiger partial charge in [0.15, 0.2) is 0 Å². The molecule has 0 aromatic heterocycles. The molecule has 0 radical (unpaired) electrons. The maximum atomic E-state index is 10.8. The van der Waals surface area contributed by atoms with Gasteiger partial charge in [0.25, 0.3) is 0 Å². The van der Waals surface area contributed by atoms with Crippen molar-refractivity contribution in [2.75, 3.05) is 19.6 Å². The number of hydrogen-bond donors (Lipinski definition) is 0. The summed E-state index contributed by atoms with van der Waals surface area (Å²) in [6.07, 6.45) is 9.87. The number of rotatable bonds is 8. The molecule has 0 aromatic rings. The first-order valence-electron chi connectivity index (χ1n) is 7.40. The average Bonchev–Trinajstić information content (AvgIpc) is 2.30. The summed E-state index contributed by atoms with van der Waals surface area (Å²) in [4.78, 5) is 13.4. The van der Waals surface area contributed by atoms with E-state index >= 15 is 0 Å². The van der Waals surface area contributed by atoms with E-state index in [1.807, 2.05) is 0 Å². The average molecular weight is 239 g/mol. The van der Waals surface area contributed by atoms with Gasteiger partial charge in [0, 0.05) is 6.42 Å². The fourth-order valence-electron chi connectivity index (χ4n) is 2.53. The van der Waals surface area contributed by atoms with Gasteiger partial charge in [0.05, 0.1) is 0 Å². The summed E-state index contributed by atoms with van der Waals surface area (Å²) < 4.78 is 0. The minimum Gasteiger partial charge on any atom is -0.303 e. The molecular formula is C15H29NO. The van der Waals surface area contributed by atoms with Crippen LogP contribution in [0.4, 0.5) is 0 Å². The molecule has 1 saturated heterocycles. The molecule has 0 atom stereocenters. The molecule has 100 valence electrons. The summed E-state index contributed by atoms with van der Waals surface area (Å²) in [7, 11) is 0. The highest BCUT2D eigenvalue weighted by atomic mass is 16.1. The molecule has 1 rings (SSSR count). The van der Waals surface area contributed by atoms with E-state index in [1.165, 1.54) is 58.2 Å². The summed E-state index contributed by atoms with van der Waals surface area (Å²) in [5, 5.41) is 0. The highest BCUT2D eigenvalue weighted by Gasteiger charge is 2.14. The minimum atomic E-state index is 0.340. The Morgan fingerprint density at radius 2 is 1.65 bits per heavy atom. The largest absolute Gasteiger partial charge is 0.303 e. The SMILES string of the molecule is CC(=O)CCCCCCCN1CCC(C)CC1. The van der Waals surface area contributed by atoms with Crippen LogP contribution in [-0.2, 0) is 4.79 Å². The van der Waals surface area contributed by atoms with Crippen LogP contribution in [0, 0.1) is 5.92 Å². The van der Waals surface area contributed by atoms with Crippen LogP contribution in [-0.4, -0.2) is 30.3 Å². The molecule has 0 saturated carbocycles. The van der Waals surface area contributed by atoms with Gasteiger partial charge in [-0.25, -0.2) is 0 Å². The minimum absolute atomic E-state index is 0.340. The fourth-order valence-corrected chi connectivity index (χ4v) is 2.53. The first-order chi connectivity index (χ1) is 8.18. The van der Waals surface area contributed by atoms with Crippen LogP contribution in [0.25, 0.3) is 0 Å². The Morgan fingerprint density at radius 1 is 1.06 bits per heavy atom. The molecule has 1 aliphatic heterocycles.